The standard InChI is InChI=1S/C56H34N4/c57-35-36-13-11-19-43(29-36)50-33-52-49-24-10-8-22-47(49)51(34-53(52)48-23-9-7-21-46(48)50)44-28-27-41-30-40(25-26-42(41)31-44)39-18-12-20-45(32-39)56-59-54(37-14-3-1-4-15-37)58-55(60-56)38-16-5-2-6-17-38/h1-34H. The van der Waals surface area contributed by atoms with Crippen LogP contribution in [0, 0.1) is 11.3 Å². The Morgan fingerprint density at radius 3 is 1.28 bits per heavy atom. The summed E-state index contributed by atoms with van der Waals surface area (Å²) in [5.74, 6) is 1.92. The van der Waals surface area contributed by atoms with E-state index in [1.165, 1.54) is 54.2 Å². The van der Waals surface area contributed by atoms with Gasteiger partial charge in [-0.1, -0.05) is 164 Å². The summed E-state index contributed by atoms with van der Waals surface area (Å²) >= 11 is 0. The van der Waals surface area contributed by atoms with Gasteiger partial charge in [-0.05, 0) is 119 Å². The lowest BCUT2D eigenvalue weighted by Crippen LogP contribution is -2.00. The molecule has 0 saturated heterocycles. The minimum atomic E-state index is 0.634. The third kappa shape index (κ3) is 6.23. The van der Waals surface area contributed by atoms with E-state index in [2.05, 4.69) is 133 Å². The second-order valence-electron chi connectivity index (χ2n) is 15.1. The molecule has 60 heavy (non-hydrogen) atoms. The molecule has 0 atom stereocenters. The minimum absolute atomic E-state index is 0.634. The van der Waals surface area contributed by atoms with Crippen molar-refractivity contribution in [2.24, 2.45) is 0 Å². The highest BCUT2D eigenvalue weighted by Gasteiger charge is 2.16. The molecule has 0 unspecified atom stereocenters. The number of aromatic nitrogens is 3. The molecule has 0 aliphatic rings. The van der Waals surface area contributed by atoms with Crippen LogP contribution in [0.1, 0.15) is 5.56 Å². The topological polar surface area (TPSA) is 62.5 Å². The molecule has 10 aromatic carbocycles. The predicted molar refractivity (Wildman–Crippen MR) is 247 cm³/mol. The second-order valence-corrected chi connectivity index (χ2v) is 15.1. The van der Waals surface area contributed by atoms with Crippen molar-refractivity contribution in [2.45, 2.75) is 0 Å². The Hall–Kier alpha value is -8.26. The van der Waals surface area contributed by atoms with E-state index < -0.39 is 0 Å². The van der Waals surface area contributed by atoms with Gasteiger partial charge in [-0.25, -0.2) is 15.0 Å². The zero-order valence-corrected chi connectivity index (χ0v) is 32.4. The average Bonchev–Trinajstić information content (AvgIpc) is 3.33. The molecule has 1 heterocycles. The Labute approximate surface area is 347 Å². The second kappa shape index (κ2) is 14.6. The largest absolute Gasteiger partial charge is 0.208 e. The van der Waals surface area contributed by atoms with Crippen molar-refractivity contribution < 1.29 is 0 Å². The fraction of sp³-hybridized carbons (Fsp3) is 0. The molecule has 0 bridgehead atoms. The zero-order chi connectivity index (χ0) is 40.0. The molecule has 11 aromatic rings. The lowest BCUT2D eigenvalue weighted by molar-refractivity contribution is 1.07. The van der Waals surface area contributed by atoms with E-state index in [0.29, 0.717) is 23.0 Å². The van der Waals surface area contributed by atoms with Crippen LogP contribution in [-0.4, -0.2) is 15.0 Å². The maximum Gasteiger partial charge on any atom is 0.164 e. The summed E-state index contributed by atoms with van der Waals surface area (Å²) in [4.78, 5) is 14.8. The van der Waals surface area contributed by atoms with Crippen molar-refractivity contribution >= 4 is 43.1 Å². The first-order valence-corrected chi connectivity index (χ1v) is 20.1. The quantitative estimate of drug-likeness (QED) is 0.158. The summed E-state index contributed by atoms with van der Waals surface area (Å²) in [6, 6.07) is 74.3. The van der Waals surface area contributed by atoms with Gasteiger partial charge in [0, 0.05) is 16.7 Å². The molecule has 0 spiro atoms. The van der Waals surface area contributed by atoms with Crippen molar-refractivity contribution in [2.75, 3.05) is 0 Å². The first kappa shape index (κ1) is 34.9. The highest BCUT2D eigenvalue weighted by molar-refractivity contribution is 6.24. The summed E-state index contributed by atoms with van der Waals surface area (Å²) in [5.41, 5.74) is 10.2. The van der Waals surface area contributed by atoms with E-state index >= 15 is 0 Å². The van der Waals surface area contributed by atoms with Crippen molar-refractivity contribution in [3.05, 3.63) is 212 Å². The van der Waals surface area contributed by atoms with E-state index in [1.807, 2.05) is 78.9 Å². The summed E-state index contributed by atoms with van der Waals surface area (Å²) in [6.45, 7) is 0. The van der Waals surface area contributed by atoms with Gasteiger partial charge >= 0.3 is 0 Å². The van der Waals surface area contributed by atoms with Crippen LogP contribution in [0.15, 0.2) is 206 Å². The van der Waals surface area contributed by atoms with Gasteiger partial charge < -0.3 is 0 Å². The highest BCUT2D eigenvalue weighted by Crippen LogP contribution is 2.42. The highest BCUT2D eigenvalue weighted by atomic mass is 15.0. The average molecular weight is 763 g/mol. The molecule has 0 N–H and O–H groups in total. The molecular weight excluding hydrogens is 729 g/mol. The van der Waals surface area contributed by atoms with Crippen LogP contribution in [0.2, 0.25) is 0 Å². The molecule has 278 valence electrons. The van der Waals surface area contributed by atoms with Crippen molar-refractivity contribution in [3.63, 3.8) is 0 Å². The molecule has 11 rings (SSSR count). The van der Waals surface area contributed by atoms with Gasteiger partial charge in [0.2, 0.25) is 0 Å². The van der Waals surface area contributed by atoms with Gasteiger partial charge in [0.25, 0.3) is 0 Å². The molecule has 0 amide bonds. The summed E-state index contributed by atoms with van der Waals surface area (Å²) < 4.78 is 0. The van der Waals surface area contributed by atoms with Gasteiger partial charge in [0.1, 0.15) is 0 Å². The van der Waals surface area contributed by atoms with Gasteiger partial charge in [0.15, 0.2) is 17.5 Å². The monoisotopic (exact) mass is 762 g/mol. The van der Waals surface area contributed by atoms with Crippen LogP contribution in [0.5, 0.6) is 0 Å². The van der Waals surface area contributed by atoms with Crippen LogP contribution in [0.3, 0.4) is 0 Å². The molecule has 4 nitrogen and oxygen atoms in total. The van der Waals surface area contributed by atoms with E-state index in [1.54, 1.807) is 0 Å². The number of hydrogen-bond donors (Lipinski definition) is 0. The number of benzene rings is 10. The zero-order valence-electron chi connectivity index (χ0n) is 32.4. The van der Waals surface area contributed by atoms with Gasteiger partial charge in [-0.3, -0.25) is 0 Å². The molecule has 0 fully saturated rings. The first-order valence-electron chi connectivity index (χ1n) is 20.1. The maximum atomic E-state index is 9.68. The molecule has 0 aliphatic carbocycles. The van der Waals surface area contributed by atoms with Crippen molar-refractivity contribution in [1.82, 2.24) is 15.0 Å². The van der Waals surface area contributed by atoms with Gasteiger partial charge in [0.05, 0.1) is 11.6 Å². The molecule has 0 saturated carbocycles. The van der Waals surface area contributed by atoms with Crippen molar-refractivity contribution in [3.8, 4) is 73.6 Å². The number of nitriles is 1. The molecule has 4 heteroatoms. The Balaban J connectivity index is 0.995. The van der Waals surface area contributed by atoms with Gasteiger partial charge in [-0.15, -0.1) is 0 Å². The van der Waals surface area contributed by atoms with Crippen LogP contribution < -0.4 is 0 Å². The normalized spacial score (nSPS) is 11.3. The Morgan fingerprint density at radius 1 is 0.283 bits per heavy atom. The first-order chi connectivity index (χ1) is 29.7. The minimum Gasteiger partial charge on any atom is -0.208 e. The Kier molecular flexibility index (Phi) is 8.50. The van der Waals surface area contributed by atoms with E-state index in [4.69, 9.17) is 15.0 Å². The van der Waals surface area contributed by atoms with Crippen LogP contribution >= 0.6 is 0 Å². The predicted octanol–water partition coefficient (Wildman–Crippen LogP) is 14.4. The van der Waals surface area contributed by atoms with Crippen LogP contribution in [0.4, 0.5) is 0 Å². The fourth-order valence-corrected chi connectivity index (χ4v) is 8.55. The number of hydrogen-bond acceptors (Lipinski definition) is 4. The van der Waals surface area contributed by atoms with E-state index in [-0.39, 0.29) is 0 Å². The van der Waals surface area contributed by atoms with Gasteiger partial charge in [-0.2, -0.15) is 5.26 Å². The van der Waals surface area contributed by atoms with E-state index in [9.17, 15) is 5.26 Å². The number of fused-ring (bicyclic) bond motifs is 6. The number of rotatable bonds is 6. The fourth-order valence-electron chi connectivity index (χ4n) is 8.55. The smallest absolute Gasteiger partial charge is 0.164 e. The number of nitrogens with zero attached hydrogens (tertiary/aromatic N) is 4. The Bertz CT molecular complexity index is 3440. The molecule has 0 radical (unpaired) electrons. The third-order valence-corrected chi connectivity index (χ3v) is 11.5. The van der Waals surface area contributed by atoms with Crippen LogP contribution in [-0.2, 0) is 0 Å². The summed E-state index contributed by atoms with van der Waals surface area (Å²) in [6.07, 6.45) is 0. The Morgan fingerprint density at radius 2 is 0.700 bits per heavy atom. The van der Waals surface area contributed by atoms with Crippen molar-refractivity contribution in [1.29, 1.82) is 5.26 Å². The lowest BCUT2D eigenvalue weighted by atomic mass is 9.87. The molecule has 1 aromatic heterocycles. The third-order valence-electron chi connectivity index (χ3n) is 11.5. The lowest BCUT2D eigenvalue weighted by Gasteiger charge is -2.16. The van der Waals surface area contributed by atoms with Crippen LogP contribution in [0.25, 0.3) is 111 Å². The SMILES string of the molecule is N#Cc1cccc(-c2cc3c4ccccc4c(-c4ccc5cc(-c6cccc(-c7nc(-c8ccccc8)nc(-c8ccccc8)n7)c6)ccc5c4)cc3c3ccccc23)c1. The molecule has 0 aliphatic heterocycles. The summed E-state index contributed by atoms with van der Waals surface area (Å²) in [5, 5.41) is 19.2. The summed E-state index contributed by atoms with van der Waals surface area (Å²) in [7, 11) is 0. The molecular formula is C56H34N4. The van der Waals surface area contributed by atoms with E-state index in [0.717, 1.165) is 38.9 Å². The maximum absolute atomic E-state index is 9.68.